The molecule has 1 aliphatic rings. The van der Waals surface area contributed by atoms with Gasteiger partial charge in [-0.2, -0.15) is 0 Å². The van der Waals surface area contributed by atoms with E-state index in [0.29, 0.717) is 30.3 Å². The number of nitrogens with one attached hydrogen (secondary N) is 1. The third-order valence-electron chi connectivity index (χ3n) is 3.67. The number of ether oxygens (including phenoxy) is 2. The molecule has 1 N–H and O–H groups in total. The SMILES string of the molecule is CC(=O)N(CCNC(=O)c1cccs1)Cc1ccc2c(c1)OCO2. The molecule has 0 aliphatic carbocycles. The van der Waals surface area contributed by atoms with Crippen molar-refractivity contribution >= 4 is 23.2 Å². The lowest BCUT2D eigenvalue weighted by Gasteiger charge is -2.21. The highest BCUT2D eigenvalue weighted by molar-refractivity contribution is 7.12. The molecule has 0 unspecified atom stereocenters. The second-order valence-corrected chi connectivity index (χ2v) is 6.31. The molecule has 0 saturated heterocycles. The van der Waals surface area contributed by atoms with Crippen LogP contribution in [0.1, 0.15) is 22.2 Å². The van der Waals surface area contributed by atoms with Crippen molar-refractivity contribution in [3.8, 4) is 11.5 Å². The second kappa shape index (κ2) is 7.35. The van der Waals surface area contributed by atoms with Crippen molar-refractivity contribution in [1.29, 1.82) is 0 Å². The van der Waals surface area contributed by atoms with Gasteiger partial charge < -0.3 is 19.7 Å². The van der Waals surface area contributed by atoms with Gasteiger partial charge in [0.15, 0.2) is 11.5 Å². The van der Waals surface area contributed by atoms with E-state index in [4.69, 9.17) is 9.47 Å². The van der Waals surface area contributed by atoms with Crippen molar-refractivity contribution in [1.82, 2.24) is 10.2 Å². The molecule has 1 aromatic heterocycles. The highest BCUT2D eigenvalue weighted by Gasteiger charge is 2.16. The first kappa shape index (κ1) is 16.3. The Balaban J connectivity index is 1.55. The second-order valence-electron chi connectivity index (χ2n) is 5.36. The summed E-state index contributed by atoms with van der Waals surface area (Å²) >= 11 is 1.39. The van der Waals surface area contributed by atoms with Crippen molar-refractivity contribution < 1.29 is 19.1 Å². The van der Waals surface area contributed by atoms with E-state index < -0.39 is 0 Å². The number of carbonyl (C=O) groups is 2. The number of benzene rings is 1. The molecule has 0 bridgehead atoms. The minimum absolute atomic E-state index is 0.0435. The van der Waals surface area contributed by atoms with Crippen LogP contribution in [0.3, 0.4) is 0 Å². The summed E-state index contributed by atoms with van der Waals surface area (Å²) in [4.78, 5) is 26.1. The minimum Gasteiger partial charge on any atom is -0.454 e. The first-order chi connectivity index (χ1) is 11.6. The fourth-order valence-electron chi connectivity index (χ4n) is 2.41. The van der Waals surface area contributed by atoms with Crippen LogP contribution in [0.25, 0.3) is 0 Å². The van der Waals surface area contributed by atoms with Gasteiger partial charge in [0, 0.05) is 26.6 Å². The van der Waals surface area contributed by atoms with Crippen molar-refractivity contribution in [3.05, 3.63) is 46.2 Å². The third kappa shape index (κ3) is 3.86. The Labute approximate surface area is 144 Å². The van der Waals surface area contributed by atoms with Gasteiger partial charge in [0.25, 0.3) is 5.91 Å². The van der Waals surface area contributed by atoms with Crippen LogP contribution < -0.4 is 14.8 Å². The quantitative estimate of drug-likeness (QED) is 0.871. The molecule has 1 aliphatic heterocycles. The Morgan fingerprint density at radius 2 is 2.08 bits per heavy atom. The molecule has 0 spiro atoms. The Morgan fingerprint density at radius 3 is 2.83 bits per heavy atom. The van der Waals surface area contributed by atoms with Crippen LogP contribution in [0.4, 0.5) is 0 Å². The van der Waals surface area contributed by atoms with Gasteiger partial charge in [-0.25, -0.2) is 0 Å². The maximum Gasteiger partial charge on any atom is 0.261 e. The first-order valence-corrected chi connectivity index (χ1v) is 8.47. The normalized spacial score (nSPS) is 12.0. The molecule has 0 atom stereocenters. The lowest BCUT2D eigenvalue weighted by atomic mass is 10.2. The summed E-state index contributed by atoms with van der Waals surface area (Å²) in [6.07, 6.45) is 0. The molecule has 24 heavy (non-hydrogen) atoms. The van der Waals surface area contributed by atoms with Gasteiger partial charge in [0.2, 0.25) is 12.7 Å². The maximum absolute atomic E-state index is 11.9. The van der Waals surface area contributed by atoms with Crippen LogP contribution >= 0.6 is 11.3 Å². The van der Waals surface area contributed by atoms with E-state index in [1.54, 1.807) is 11.0 Å². The highest BCUT2D eigenvalue weighted by Crippen LogP contribution is 2.32. The van der Waals surface area contributed by atoms with Gasteiger partial charge in [-0.15, -0.1) is 11.3 Å². The van der Waals surface area contributed by atoms with Crippen LogP contribution in [0.2, 0.25) is 0 Å². The fourth-order valence-corrected chi connectivity index (χ4v) is 3.05. The minimum atomic E-state index is -0.114. The van der Waals surface area contributed by atoms with Crippen LogP contribution in [0, 0.1) is 0 Å². The number of amides is 2. The Morgan fingerprint density at radius 1 is 1.25 bits per heavy atom. The van der Waals surface area contributed by atoms with Crippen molar-refractivity contribution in [2.24, 2.45) is 0 Å². The van der Waals surface area contributed by atoms with Crippen LogP contribution in [-0.2, 0) is 11.3 Å². The largest absolute Gasteiger partial charge is 0.454 e. The third-order valence-corrected chi connectivity index (χ3v) is 4.54. The molecule has 3 rings (SSSR count). The zero-order chi connectivity index (χ0) is 16.9. The molecule has 2 aromatic rings. The fraction of sp³-hybridized carbons (Fsp3) is 0.294. The van der Waals surface area contributed by atoms with Gasteiger partial charge in [-0.05, 0) is 29.1 Å². The van der Waals surface area contributed by atoms with Crippen LogP contribution in [0.15, 0.2) is 35.7 Å². The number of carbonyl (C=O) groups excluding carboxylic acids is 2. The van der Waals surface area contributed by atoms with Crippen molar-refractivity contribution in [2.45, 2.75) is 13.5 Å². The summed E-state index contributed by atoms with van der Waals surface area (Å²) in [6.45, 7) is 3.06. The zero-order valence-electron chi connectivity index (χ0n) is 13.3. The van der Waals surface area contributed by atoms with Gasteiger partial charge in [0.05, 0.1) is 4.88 Å². The highest BCUT2D eigenvalue weighted by atomic mass is 32.1. The molecule has 2 amide bonds. The Hall–Kier alpha value is -2.54. The van der Waals surface area contributed by atoms with E-state index in [9.17, 15) is 9.59 Å². The van der Waals surface area contributed by atoms with Gasteiger partial charge in [-0.1, -0.05) is 12.1 Å². The zero-order valence-corrected chi connectivity index (χ0v) is 14.1. The van der Waals surface area contributed by atoms with Crippen LogP contribution in [0.5, 0.6) is 11.5 Å². The van der Waals surface area contributed by atoms with E-state index in [1.165, 1.54) is 18.3 Å². The lowest BCUT2D eigenvalue weighted by Crippen LogP contribution is -2.36. The monoisotopic (exact) mass is 346 g/mol. The summed E-state index contributed by atoms with van der Waals surface area (Å²) in [5, 5.41) is 4.69. The van der Waals surface area contributed by atoms with Crippen molar-refractivity contribution in [3.63, 3.8) is 0 Å². The topological polar surface area (TPSA) is 67.9 Å². The molecule has 0 saturated carbocycles. The number of nitrogens with zero attached hydrogens (tertiary/aromatic N) is 1. The Bertz CT molecular complexity index is 730. The van der Waals surface area contributed by atoms with Gasteiger partial charge in [-0.3, -0.25) is 9.59 Å². The number of thiophene rings is 1. The molecule has 0 fully saturated rings. The Kier molecular flexibility index (Phi) is 5.00. The molecule has 1 aromatic carbocycles. The number of hydrogen-bond acceptors (Lipinski definition) is 5. The number of fused-ring (bicyclic) bond motifs is 1. The smallest absolute Gasteiger partial charge is 0.261 e. The average Bonchev–Trinajstić information content (AvgIpc) is 3.24. The molecule has 6 nitrogen and oxygen atoms in total. The summed E-state index contributed by atoms with van der Waals surface area (Å²) in [7, 11) is 0. The van der Waals surface area contributed by atoms with E-state index in [2.05, 4.69) is 5.32 Å². The van der Waals surface area contributed by atoms with E-state index in [1.807, 2.05) is 29.6 Å². The molecular formula is C17H18N2O4S. The lowest BCUT2D eigenvalue weighted by molar-refractivity contribution is -0.129. The predicted octanol–water partition coefficient (Wildman–Crippen LogP) is 2.26. The summed E-state index contributed by atoms with van der Waals surface area (Å²) < 4.78 is 10.6. The first-order valence-electron chi connectivity index (χ1n) is 7.59. The number of rotatable bonds is 6. The van der Waals surface area contributed by atoms with E-state index in [-0.39, 0.29) is 18.6 Å². The summed E-state index contributed by atoms with van der Waals surface area (Å²) in [6, 6.07) is 9.24. The van der Waals surface area contributed by atoms with Gasteiger partial charge in [0.1, 0.15) is 0 Å². The van der Waals surface area contributed by atoms with Crippen molar-refractivity contribution in [2.75, 3.05) is 19.9 Å². The van der Waals surface area contributed by atoms with Crippen LogP contribution in [-0.4, -0.2) is 36.6 Å². The average molecular weight is 346 g/mol. The van der Waals surface area contributed by atoms with Gasteiger partial charge >= 0.3 is 0 Å². The summed E-state index contributed by atoms with van der Waals surface area (Å²) in [5.41, 5.74) is 0.957. The molecule has 0 radical (unpaired) electrons. The molecule has 126 valence electrons. The van der Waals surface area contributed by atoms with E-state index in [0.717, 1.165) is 11.3 Å². The summed E-state index contributed by atoms with van der Waals surface area (Å²) in [5.74, 6) is 1.26. The molecule has 7 heteroatoms. The predicted molar refractivity (Wildman–Crippen MR) is 90.3 cm³/mol. The standard InChI is InChI=1S/C17H18N2O4S/c1-12(20)19(7-6-18-17(21)16-3-2-8-24-16)10-13-4-5-14-15(9-13)23-11-22-14/h2-5,8-9H,6-7,10-11H2,1H3,(H,18,21). The molecular weight excluding hydrogens is 328 g/mol. The maximum atomic E-state index is 11.9. The van der Waals surface area contributed by atoms with E-state index >= 15 is 0 Å². The molecule has 2 heterocycles. The number of hydrogen-bond donors (Lipinski definition) is 1.